The maximum absolute atomic E-state index is 13.2. The molecular formula is C19H24FN3O2. The van der Waals surface area contributed by atoms with Gasteiger partial charge in [0.2, 0.25) is 5.91 Å². The van der Waals surface area contributed by atoms with Crippen LogP contribution in [0, 0.1) is 12.7 Å². The number of aryl methyl sites for hydroxylation is 1. The second-order valence-corrected chi connectivity index (χ2v) is 5.98. The smallest absolute Gasteiger partial charge is 0.254 e. The van der Waals surface area contributed by atoms with Crippen molar-refractivity contribution in [2.75, 3.05) is 13.1 Å². The lowest BCUT2D eigenvalue weighted by atomic mass is 10.2. The van der Waals surface area contributed by atoms with Crippen molar-refractivity contribution in [1.29, 1.82) is 0 Å². The third kappa shape index (κ3) is 4.75. The van der Waals surface area contributed by atoms with Gasteiger partial charge in [-0.15, -0.1) is 0 Å². The van der Waals surface area contributed by atoms with Gasteiger partial charge in [0.15, 0.2) is 0 Å². The highest BCUT2D eigenvalue weighted by Gasteiger charge is 2.17. The van der Waals surface area contributed by atoms with Gasteiger partial charge in [-0.05, 0) is 44.5 Å². The summed E-state index contributed by atoms with van der Waals surface area (Å²) in [7, 11) is 0. The molecule has 0 N–H and O–H groups in total. The monoisotopic (exact) mass is 345 g/mol. The van der Waals surface area contributed by atoms with E-state index in [1.807, 2.05) is 6.92 Å². The molecule has 2 rings (SSSR count). The Morgan fingerprint density at radius 3 is 2.52 bits per heavy atom. The second-order valence-electron chi connectivity index (χ2n) is 5.98. The lowest BCUT2D eigenvalue weighted by Gasteiger charge is -2.22. The van der Waals surface area contributed by atoms with Gasteiger partial charge in [-0.3, -0.25) is 14.2 Å². The van der Waals surface area contributed by atoms with E-state index >= 15 is 0 Å². The molecule has 0 unspecified atom stereocenters. The van der Waals surface area contributed by atoms with Crippen LogP contribution in [0.2, 0.25) is 0 Å². The molecule has 2 aromatic rings. The number of carbonyl (C=O) groups excluding carboxylic acids is 1. The second kappa shape index (κ2) is 8.55. The minimum Gasteiger partial charge on any atom is -0.341 e. The number of hydrogen-bond acceptors (Lipinski definition) is 3. The van der Waals surface area contributed by atoms with Crippen molar-refractivity contribution >= 4 is 5.91 Å². The van der Waals surface area contributed by atoms with Gasteiger partial charge in [-0.25, -0.2) is 9.37 Å². The molecule has 0 atom stereocenters. The number of benzene rings is 1. The fraction of sp³-hybridized carbons (Fsp3) is 0.421. The quantitative estimate of drug-likeness (QED) is 0.775. The van der Waals surface area contributed by atoms with Crippen molar-refractivity contribution in [2.45, 2.75) is 40.2 Å². The van der Waals surface area contributed by atoms with Gasteiger partial charge in [0.05, 0.1) is 0 Å². The Hall–Kier alpha value is -2.50. The van der Waals surface area contributed by atoms with Crippen LogP contribution in [0.3, 0.4) is 0 Å². The molecule has 0 aliphatic carbocycles. The summed E-state index contributed by atoms with van der Waals surface area (Å²) in [6, 6.07) is 7.16. The molecule has 1 aromatic carbocycles. The molecule has 0 radical (unpaired) electrons. The van der Waals surface area contributed by atoms with Gasteiger partial charge in [0, 0.05) is 30.4 Å². The number of rotatable bonds is 7. The Morgan fingerprint density at radius 1 is 1.24 bits per heavy atom. The zero-order valence-corrected chi connectivity index (χ0v) is 15.0. The minimum absolute atomic E-state index is 0.0730. The summed E-state index contributed by atoms with van der Waals surface area (Å²) in [6.45, 7) is 6.91. The molecular weight excluding hydrogens is 321 g/mol. The lowest BCUT2D eigenvalue weighted by Crippen LogP contribution is -2.37. The molecule has 0 bridgehead atoms. The summed E-state index contributed by atoms with van der Waals surface area (Å²) in [5, 5.41) is 0. The van der Waals surface area contributed by atoms with Gasteiger partial charge < -0.3 is 4.90 Å². The summed E-state index contributed by atoms with van der Waals surface area (Å²) < 4.78 is 14.6. The van der Waals surface area contributed by atoms with Gasteiger partial charge in [-0.2, -0.15) is 0 Å². The van der Waals surface area contributed by atoms with E-state index in [4.69, 9.17) is 0 Å². The maximum Gasteiger partial charge on any atom is 0.254 e. The number of amides is 1. The van der Waals surface area contributed by atoms with E-state index in [1.54, 1.807) is 24.0 Å². The van der Waals surface area contributed by atoms with E-state index in [2.05, 4.69) is 11.9 Å². The Kier molecular flexibility index (Phi) is 6.44. The highest BCUT2D eigenvalue weighted by molar-refractivity contribution is 5.76. The van der Waals surface area contributed by atoms with Crippen LogP contribution in [0.4, 0.5) is 4.39 Å². The third-order valence-electron chi connectivity index (χ3n) is 4.05. The van der Waals surface area contributed by atoms with Gasteiger partial charge in [0.1, 0.15) is 18.2 Å². The zero-order valence-electron chi connectivity index (χ0n) is 15.0. The first-order valence-electron chi connectivity index (χ1n) is 8.58. The summed E-state index contributed by atoms with van der Waals surface area (Å²) in [6.07, 6.45) is 1.92. The third-order valence-corrected chi connectivity index (χ3v) is 4.05. The molecule has 5 nitrogen and oxygen atoms in total. The molecule has 1 amide bonds. The van der Waals surface area contributed by atoms with E-state index in [9.17, 15) is 14.0 Å². The van der Waals surface area contributed by atoms with Crippen molar-refractivity contribution < 1.29 is 9.18 Å². The summed E-state index contributed by atoms with van der Waals surface area (Å²) in [4.78, 5) is 31.2. The van der Waals surface area contributed by atoms with Crippen LogP contribution >= 0.6 is 0 Å². The average molecular weight is 345 g/mol. The van der Waals surface area contributed by atoms with Crippen molar-refractivity contribution in [2.24, 2.45) is 0 Å². The summed E-state index contributed by atoms with van der Waals surface area (Å²) >= 11 is 0. The topological polar surface area (TPSA) is 55.2 Å². The molecule has 1 heterocycles. The largest absolute Gasteiger partial charge is 0.341 e. The number of nitrogens with zero attached hydrogens (tertiary/aromatic N) is 3. The number of likely N-dealkylation sites (N-methyl/N-ethyl adjacent to an activating group) is 1. The average Bonchev–Trinajstić information content (AvgIpc) is 2.58. The standard InChI is InChI=1S/C19H24FN3O2/c1-4-6-11-22(5-2)18(25)13-23-17(24)12-14(3)21-19(23)15-7-9-16(20)10-8-15/h7-10,12H,4-6,11,13H2,1-3H3. The SMILES string of the molecule is CCCCN(CC)C(=O)Cn1c(-c2ccc(F)cc2)nc(C)cc1=O. The molecule has 25 heavy (non-hydrogen) atoms. The first-order chi connectivity index (χ1) is 12.0. The van der Waals surface area contributed by atoms with Gasteiger partial charge >= 0.3 is 0 Å². The minimum atomic E-state index is -0.363. The number of aromatic nitrogens is 2. The predicted molar refractivity (Wildman–Crippen MR) is 95.8 cm³/mol. The lowest BCUT2D eigenvalue weighted by molar-refractivity contribution is -0.131. The van der Waals surface area contributed by atoms with Crippen molar-refractivity contribution in [1.82, 2.24) is 14.5 Å². The molecule has 0 saturated carbocycles. The normalized spacial score (nSPS) is 10.7. The van der Waals surface area contributed by atoms with E-state index in [-0.39, 0.29) is 23.8 Å². The Bertz CT molecular complexity index is 784. The molecule has 6 heteroatoms. The van der Waals surface area contributed by atoms with Crippen LogP contribution in [-0.2, 0) is 11.3 Å². The highest BCUT2D eigenvalue weighted by Crippen LogP contribution is 2.17. The van der Waals surface area contributed by atoms with Crippen LogP contribution in [0.25, 0.3) is 11.4 Å². The van der Waals surface area contributed by atoms with Crippen molar-refractivity contribution in [3.63, 3.8) is 0 Å². The van der Waals surface area contributed by atoms with Crippen LogP contribution in [0.15, 0.2) is 35.1 Å². The van der Waals surface area contributed by atoms with Gasteiger partial charge in [0.25, 0.3) is 5.56 Å². The Balaban J connectivity index is 2.38. The number of unbranched alkanes of at least 4 members (excludes halogenated alkanes) is 1. The van der Waals surface area contributed by atoms with E-state index in [0.717, 1.165) is 12.8 Å². The number of halogens is 1. The molecule has 0 aliphatic heterocycles. The van der Waals surface area contributed by atoms with Crippen molar-refractivity contribution in [3.05, 3.63) is 52.2 Å². The maximum atomic E-state index is 13.2. The van der Waals surface area contributed by atoms with Crippen molar-refractivity contribution in [3.8, 4) is 11.4 Å². The van der Waals surface area contributed by atoms with E-state index in [0.29, 0.717) is 30.2 Å². The molecule has 1 aromatic heterocycles. The van der Waals surface area contributed by atoms with E-state index in [1.165, 1.54) is 22.8 Å². The predicted octanol–water partition coefficient (Wildman–Crippen LogP) is 3.01. The van der Waals surface area contributed by atoms with Crippen LogP contribution in [0.1, 0.15) is 32.4 Å². The molecule has 0 aliphatic rings. The Labute approximate surface area is 147 Å². The van der Waals surface area contributed by atoms with Gasteiger partial charge in [-0.1, -0.05) is 13.3 Å². The zero-order chi connectivity index (χ0) is 18.4. The number of hydrogen-bond donors (Lipinski definition) is 0. The summed E-state index contributed by atoms with van der Waals surface area (Å²) in [5.41, 5.74) is 0.879. The highest BCUT2D eigenvalue weighted by atomic mass is 19.1. The van der Waals surface area contributed by atoms with Crippen LogP contribution < -0.4 is 5.56 Å². The number of carbonyl (C=O) groups is 1. The Morgan fingerprint density at radius 2 is 1.92 bits per heavy atom. The first kappa shape index (κ1) is 18.8. The van der Waals surface area contributed by atoms with E-state index < -0.39 is 0 Å². The fourth-order valence-corrected chi connectivity index (χ4v) is 2.64. The molecule has 0 spiro atoms. The summed E-state index contributed by atoms with van der Waals surface area (Å²) in [5.74, 6) is -0.102. The molecule has 0 saturated heterocycles. The molecule has 0 fully saturated rings. The molecule has 134 valence electrons. The van der Waals surface area contributed by atoms with Crippen LogP contribution in [0.5, 0.6) is 0 Å². The van der Waals surface area contributed by atoms with Crippen LogP contribution in [-0.4, -0.2) is 33.4 Å². The first-order valence-corrected chi connectivity index (χ1v) is 8.58. The fourth-order valence-electron chi connectivity index (χ4n) is 2.64.